The summed E-state index contributed by atoms with van der Waals surface area (Å²) in [5, 5.41) is 136. The van der Waals surface area contributed by atoms with Crippen LogP contribution in [0.2, 0.25) is 0 Å². The number of hydrogen-bond acceptors (Lipinski definition) is 22. The van der Waals surface area contributed by atoms with Crippen LogP contribution in [0, 0.1) is 0 Å². The lowest BCUT2D eigenvalue weighted by molar-refractivity contribution is -0.372. The standard InChI is InChI=1S/C30H55NO21/c31-3-1-2-4-45-29-22(43)20(41)26(17(9-34)48-29)52-30-23(44)21(42)25(18(10-35)49-30)51-28-14(39)6-12(37)24(16(8-33)47-28)50-27-13(38)5-11(36)19(40)15(7-32)46-27/h11-30,32-44H,1-10,31H2/t11?,12?,13?,14?,15?,16?,17?,18?,19-,20?,21?,22?,23?,24+,25-,26-,27-,28+,29+,30+/m1/s1. The van der Waals surface area contributed by atoms with Crippen LogP contribution in [0.15, 0.2) is 0 Å². The number of rotatable bonds is 15. The van der Waals surface area contributed by atoms with Crippen LogP contribution in [0.25, 0.3) is 0 Å². The number of aliphatic hydroxyl groups excluding tert-OH is 13. The molecule has 0 aromatic rings. The first-order valence-corrected chi connectivity index (χ1v) is 17.3. The first-order chi connectivity index (χ1) is 24.8. The fraction of sp³-hybridized carbons (Fsp3) is 1.00. The second-order valence-corrected chi connectivity index (χ2v) is 13.3. The van der Waals surface area contributed by atoms with E-state index in [-0.39, 0.29) is 6.61 Å². The number of unbranched alkanes of at least 4 members (excludes halogenated alkanes) is 1. The van der Waals surface area contributed by atoms with E-state index in [9.17, 15) is 66.4 Å². The number of ether oxygens (including phenoxy) is 8. The lowest BCUT2D eigenvalue weighted by Crippen LogP contribution is -2.65. The van der Waals surface area contributed by atoms with Crippen LogP contribution in [0.4, 0.5) is 0 Å². The zero-order valence-electron chi connectivity index (χ0n) is 28.3. The van der Waals surface area contributed by atoms with Crippen molar-refractivity contribution >= 4 is 0 Å². The Morgan fingerprint density at radius 1 is 0.442 bits per heavy atom. The molecule has 12 unspecified atom stereocenters. The Balaban J connectivity index is 1.42. The number of hydrogen-bond donors (Lipinski definition) is 14. The summed E-state index contributed by atoms with van der Waals surface area (Å²) in [7, 11) is 0. The van der Waals surface area contributed by atoms with Crippen molar-refractivity contribution in [1.82, 2.24) is 0 Å². The summed E-state index contributed by atoms with van der Waals surface area (Å²) >= 11 is 0. The minimum atomic E-state index is -1.97. The van der Waals surface area contributed by atoms with E-state index >= 15 is 0 Å². The summed E-state index contributed by atoms with van der Waals surface area (Å²) < 4.78 is 45.0. The normalized spacial score (nSPS) is 47.9. The van der Waals surface area contributed by atoms with Gasteiger partial charge in [0.1, 0.15) is 85.5 Å². The smallest absolute Gasteiger partial charge is 0.187 e. The molecule has 0 saturated carbocycles. The van der Waals surface area contributed by atoms with Crippen LogP contribution < -0.4 is 5.73 Å². The van der Waals surface area contributed by atoms with Crippen LogP contribution in [0.3, 0.4) is 0 Å². The molecule has 22 nitrogen and oxygen atoms in total. The highest BCUT2D eigenvalue weighted by molar-refractivity contribution is 4.96. The van der Waals surface area contributed by atoms with E-state index in [2.05, 4.69) is 0 Å². The van der Waals surface area contributed by atoms with Gasteiger partial charge >= 0.3 is 0 Å². The van der Waals surface area contributed by atoms with E-state index in [1.807, 2.05) is 0 Å². The Labute approximate surface area is 298 Å². The van der Waals surface area contributed by atoms with Crippen LogP contribution in [-0.2, 0) is 37.9 Å². The van der Waals surface area contributed by atoms with Gasteiger partial charge in [0.05, 0.1) is 38.6 Å². The van der Waals surface area contributed by atoms with Crippen LogP contribution in [-0.4, -0.2) is 229 Å². The van der Waals surface area contributed by atoms with Crippen LogP contribution >= 0.6 is 0 Å². The van der Waals surface area contributed by atoms with E-state index in [0.717, 1.165) is 0 Å². The average molecular weight is 766 g/mol. The fourth-order valence-corrected chi connectivity index (χ4v) is 6.49. The van der Waals surface area contributed by atoms with E-state index in [4.69, 9.17) is 43.6 Å². The van der Waals surface area contributed by atoms with Crippen molar-refractivity contribution in [3.05, 3.63) is 0 Å². The van der Waals surface area contributed by atoms with Gasteiger partial charge in [0.25, 0.3) is 0 Å². The zero-order valence-corrected chi connectivity index (χ0v) is 28.3. The quantitative estimate of drug-likeness (QED) is 0.0688. The van der Waals surface area contributed by atoms with E-state index < -0.39 is 162 Å². The maximum atomic E-state index is 11.1. The van der Waals surface area contributed by atoms with Crippen molar-refractivity contribution in [2.75, 3.05) is 39.6 Å². The highest BCUT2D eigenvalue weighted by Gasteiger charge is 2.53. The van der Waals surface area contributed by atoms with Crippen molar-refractivity contribution < 1.29 is 104 Å². The van der Waals surface area contributed by atoms with Crippen molar-refractivity contribution in [2.24, 2.45) is 5.73 Å². The van der Waals surface area contributed by atoms with Gasteiger partial charge in [0.2, 0.25) is 0 Å². The minimum absolute atomic E-state index is 0.135. The van der Waals surface area contributed by atoms with Gasteiger partial charge in [0.15, 0.2) is 25.2 Å². The largest absolute Gasteiger partial charge is 0.394 e. The van der Waals surface area contributed by atoms with Gasteiger partial charge in [0, 0.05) is 19.4 Å². The third-order valence-electron chi connectivity index (χ3n) is 9.49. The first kappa shape index (κ1) is 43.8. The lowest BCUT2D eigenvalue weighted by Gasteiger charge is -2.47. The predicted molar refractivity (Wildman–Crippen MR) is 165 cm³/mol. The van der Waals surface area contributed by atoms with E-state index in [1.54, 1.807) is 0 Å². The molecule has 0 aromatic carbocycles. The Hall–Kier alpha value is -0.880. The topological polar surface area (TPSA) is 363 Å². The number of aliphatic hydroxyl groups is 13. The molecule has 0 aliphatic carbocycles. The van der Waals surface area contributed by atoms with Crippen molar-refractivity contribution in [3.8, 4) is 0 Å². The third-order valence-corrected chi connectivity index (χ3v) is 9.49. The van der Waals surface area contributed by atoms with Crippen LogP contribution in [0.1, 0.15) is 25.7 Å². The maximum absolute atomic E-state index is 11.1. The van der Waals surface area contributed by atoms with Crippen molar-refractivity contribution in [1.29, 1.82) is 0 Å². The molecule has 20 atom stereocenters. The zero-order chi connectivity index (χ0) is 38.3. The summed E-state index contributed by atoms with van der Waals surface area (Å²) in [6.07, 6.45) is -32.1. The molecule has 4 saturated heterocycles. The first-order valence-electron chi connectivity index (χ1n) is 17.3. The van der Waals surface area contributed by atoms with Gasteiger partial charge < -0.3 is 110 Å². The monoisotopic (exact) mass is 765 g/mol. The molecular weight excluding hydrogens is 710 g/mol. The Kier molecular flexibility index (Phi) is 17.1. The fourth-order valence-electron chi connectivity index (χ4n) is 6.49. The minimum Gasteiger partial charge on any atom is -0.394 e. The number of nitrogens with two attached hydrogens (primary N) is 1. The molecule has 306 valence electrons. The summed E-state index contributed by atoms with van der Waals surface area (Å²) in [6.45, 7) is -2.70. The molecule has 0 aromatic heterocycles. The van der Waals surface area contributed by atoms with Crippen molar-refractivity contribution in [3.63, 3.8) is 0 Å². The Morgan fingerprint density at radius 3 is 1.40 bits per heavy atom. The van der Waals surface area contributed by atoms with Gasteiger partial charge in [-0.3, -0.25) is 0 Å². The summed E-state index contributed by atoms with van der Waals surface area (Å²) in [4.78, 5) is 0. The van der Waals surface area contributed by atoms with Crippen molar-refractivity contribution in [2.45, 2.75) is 149 Å². The summed E-state index contributed by atoms with van der Waals surface area (Å²) in [6, 6.07) is 0. The van der Waals surface area contributed by atoms with E-state index in [0.29, 0.717) is 19.4 Å². The molecule has 0 bridgehead atoms. The molecule has 4 aliphatic rings. The summed E-state index contributed by atoms with van der Waals surface area (Å²) in [5.41, 5.74) is 5.46. The molecule has 4 heterocycles. The van der Waals surface area contributed by atoms with E-state index in [1.165, 1.54) is 0 Å². The molecule has 0 spiro atoms. The van der Waals surface area contributed by atoms with Gasteiger partial charge in [-0.15, -0.1) is 0 Å². The lowest BCUT2D eigenvalue weighted by atomic mass is 9.96. The Morgan fingerprint density at radius 2 is 0.865 bits per heavy atom. The molecule has 4 fully saturated rings. The molecule has 4 aliphatic heterocycles. The highest BCUT2D eigenvalue weighted by atomic mass is 16.8. The highest BCUT2D eigenvalue weighted by Crippen LogP contribution is 2.33. The average Bonchev–Trinajstić information content (AvgIpc) is 3.30. The third kappa shape index (κ3) is 10.3. The molecule has 4 rings (SSSR count). The second-order valence-electron chi connectivity index (χ2n) is 13.3. The second kappa shape index (κ2) is 20.3. The maximum Gasteiger partial charge on any atom is 0.187 e. The molecule has 0 radical (unpaired) electrons. The molecule has 22 heteroatoms. The van der Waals surface area contributed by atoms with Gasteiger partial charge in [-0.05, 0) is 19.4 Å². The molecule has 15 N–H and O–H groups in total. The van der Waals surface area contributed by atoms with Crippen LogP contribution in [0.5, 0.6) is 0 Å². The predicted octanol–water partition coefficient (Wildman–Crippen LogP) is -8.21. The SMILES string of the molecule is NCCCCO[C@H]1OC(CO)[C@@H](O[C@@H]2OC(CO)[C@@H](O[C@@H]3OC(CO)[C@@H](O[C@H]4OC(CO)[C@H](O)C(O)CC4O)C(O)CC3O)C(O)C2O)C(O)C1O. The van der Waals surface area contributed by atoms with Gasteiger partial charge in [-0.1, -0.05) is 0 Å². The Bertz CT molecular complexity index is 1030. The molecular formula is C30H55NO21. The van der Waals surface area contributed by atoms with Gasteiger partial charge in [-0.25, -0.2) is 0 Å². The summed E-state index contributed by atoms with van der Waals surface area (Å²) in [5.74, 6) is 0. The molecule has 0 amide bonds. The molecule has 52 heavy (non-hydrogen) atoms. The van der Waals surface area contributed by atoms with Gasteiger partial charge in [-0.2, -0.15) is 0 Å².